The van der Waals surface area contributed by atoms with Crippen molar-refractivity contribution in [1.82, 2.24) is 20.2 Å². The van der Waals surface area contributed by atoms with Gasteiger partial charge in [0.05, 0.1) is 24.0 Å². The molecule has 30 heavy (non-hydrogen) atoms. The zero-order chi connectivity index (χ0) is 21.9. The van der Waals surface area contributed by atoms with Gasteiger partial charge < -0.3 is 20.4 Å². The lowest BCUT2D eigenvalue weighted by molar-refractivity contribution is 0.0983. The molecule has 0 saturated carbocycles. The van der Waals surface area contributed by atoms with Crippen LogP contribution in [0.5, 0.6) is 5.75 Å². The average molecular weight is 426 g/mol. The largest absolute Gasteiger partial charge is 0.494 e. The molecule has 0 unspecified atom stereocenters. The Morgan fingerprint density at radius 3 is 2.47 bits per heavy atom. The van der Waals surface area contributed by atoms with Crippen molar-refractivity contribution in [2.45, 2.75) is 13.3 Å². The SMILES string of the molecule is CCC(=O)c1nnc(N)cc1Nc1cccc(-c2ncc(P(C)(C)=O)cn2)c1OC. The fraction of sp³-hybridized carbons (Fsp3) is 0.250. The number of para-hydroxylation sites is 1. The molecule has 0 amide bonds. The molecule has 0 spiro atoms. The van der Waals surface area contributed by atoms with E-state index in [9.17, 15) is 9.36 Å². The number of benzene rings is 1. The molecule has 0 saturated heterocycles. The molecular weight excluding hydrogens is 403 g/mol. The summed E-state index contributed by atoms with van der Waals surface area (Å²) in [4.78, 5) is 20.9. The third-order valence-corrected chi connectivity index (χ3v) is 5.86. The van der Waals surface area contributed by atoms with Gasteiger partial charge in [-0.05, 0) is 25.5 Å². The lowest BCUT2D eigenvalue weighted by Gasteiger charge is -2.16. The molecule has 0 aliphatic carbocycles. The molecule has 0 radical (unpaired) electrons. The number of carbonyl (C=O) groups excluding carboxylic acids is 1. The number of carbonyl (C=O) groups is 1. The Labute approximate surface area is 174 Å². The molecule has 2 heterocycles. The van der Waals surface area contributed by atoms with Crippen LogP contribution < -0.4 is 21.1 Å². The number of nitrogens with zero attached hydrogens (tertiary/aromatic N) is 4. The highest BCUT2D eigenvalue weighted by Crippen LogP contribution is 2.38. The van der Waals surface area contributed by atoms with Gasteiger partial charge in [0.15, 0.2) is 23.1 Å². The number of hydrogen-bond donors (Lipinski definition) is 2. The maximum absolute atomic E-state index is 12.2. The van der Waals surface area contributed by atoms with E-state index < -0.39 is 7.14 Å². The fourth-order valence-corrected chi connectivity index (χ4v) is 3.46. The standard InChI is InChI=1S/C20H23N6O3P/c1-5-16(27)18-15(9-17(21)25-26-18)24-14-8-6-7-13(19(14)29-2)20-22-10-12(11-23-20)30(3,4)28/h6-11H,5H2,1-4H3,(H3,21,24,25). The van der Waals surface area contributed by atoms with Crippen molar-refractivity contribution >= 4 is 35.4 Å². The van der Waals surface area contributed by atoms with Crippen molar-refractivity contribution in [3.63, 3.8) is 0 Å². The molecule has 3 rings (SSSR count). The van der Waals surface area contributed by atoms with Gasteiger partial charge in [0.25, 0.3) is 0 Å². The number of rotatable bonds is 7. The summed E-state index contributed by atoms with van der Waals surface area (Å²) in [6.45, 7) is 5.08. The number of aromatic nitrogens is 4. The predicted octanol–water partition coefficient (Wildman–Crippen LogP) is 3.11. The van der Waals surface area contributed by atoms with Crippen molar-refractivity contribution < 1.29 is 14.1 Å². The lowest BCUT2D eigenvalue weighted by atomic mass is 10.1. The number of Topliss-reactive ketones (excluding diaryl/α,β-unsaturated/α-hetero) is 1. The number of nitrogen functional groups attached to an aromatic ring is 1. The van der Waals surface area contributed by atoms with Crippen LogP contribution in [0.1, 0.15) is 23.8 Å². The summed E-state index contributed by atoms with van der Waals surface area (Å²) in [5, 5.41) is 11.5. The van der Waals surface area contributed by atoms with Gasteiger partial charge in [-0.3, -0.25) is 4.79 Å². The van der Waals surface area contributed by atoms with Gasteiger partial charge in [-0.15, -0.1) is 10.2 Å². The zero-order valence-electron chi connectivity index (χ0n) is 17.2. The van der Waals surface area contributed by atoms with Crippen LogP contribution in [0.2, 0.25) is 0 Å². The number of ether oxygens (including phenoxy) is 1. The van der Waals surface area contributed by atoms with E-state index in [1.165, 1.54) is 7.11 Å². The number of nitrogens with two attached hydrogens (primary N) is 1. The number of methoxy groups -OCH3 is 1. The summed E-state index contributed by atoms with van der Waals surface area (Å²) >= 11 is 0. The number of anilines is 3. The Bertz CT molecular complexity index is 1130. The predicted molar refractivity (Wildman–Crippen MR) is 117 cm³/mol. The van der Waals surface area contributed by atoms with E-state index in [0.717, 1.165) is 0 Å². The van der Waals surface area contributed by atoms with Crippen LogP contribution in [-0.2, 0) is 4.57 Å². The van der Waals surface area contributed by atoms with Gasteiger partial charge in [-0.1, -0.05) is 13.0 Å². The highest BCUT2D eigenvalue weighted by atomic mass is 31.2. The monoisotopic (exact) mass is 426 g/mol. The minimum Gasteiger partial charge on any atom is -0.494 e. The van der Waals surface area contributed by atoms with Crippen molar-refractivity contribution in [2.75, 3.05) is 31.5 Å². The first kappa shape index (κ1) is 21.4. The van der Waals surface area contributed by atoms with Crippen molar-refractivity contribution in [2.24, 2.45) is 0 Å². The zero-order valence-corrected chi connectivity index (χ0v) is 18.1. The Hall–Kier alpha value is -3.32. The molecule has 0 fully saturated rings. The summed E-state index contributed by atoms with van der Waals surface area (Å²) in [5.74, 6) is 0.919. The second-order valence-electron chi connectivity index (χ2n) is 6.94. The Morgan fingerprint density at radius 2 is 1.87 bits per heavy atom. The summed E-state index contributed by atoms with van der Waals surface area (Å²) < 4.78 is 17.8. The number of ketones is 1. The van der Waals surface area contributed by atoms with Crippen LogP contribution in [0.3, 0.4) is 0 Å². The van der Waals surface area contributed by atoms with Crippen molar-refractivity contribution in [1.29, 1.82) is 0 Å². The molecule has 2 aromatic heterocycles. The van der Waals surface area contributed by atoms with Gasteiger partial charge in [0, 0.05) is 30.2 Å². The molecule has 0 atom stereocenters. The van der Waals surface area contributed by atoms with Gasteiger partial charge in [-0.25, -0.2) is 9.97 Å². The van der Waals surface area contributed by atoms with E-state index >= 15 is 0 Å². The molecule has 3 aromatic rings. The molecule has 156 valence electrons. The first-order valence-corrected chi connectivity index (χ1v) is 11.8. The van der Waals surface area contributed by atoms with Gasteiger partial charge in [0.1, 0.15) is 13.0 Å². The molecule has 9 nitrogen and oxygen atoms in total. The number of hydrogen-bond acceptors (Lipinski definition) is 9. The molecule has 0 aliphatic heterocycles. The highest BCUT2D eigenvalue weighted by molar-refractivity contribution is 7.70. The normalized spacial score (nSPS) is 11.2. The highest BCUT2D eigenvalue weighted by Gasteiger charge is 2.19. The lowest BCUT2D eigenvalue weighted by Crippen LogP contribution is -2.10. The van der Waals surface area contributed by atoms with E-state index in [2.05, 4.69) is 25.5 Å². The third-order valence-electron chi connectivity index (χ3n) is 4.39. The van der Waals surface area contributed by atoms with E-state index in [4.69, 9.17) is 10.5 Å². The van der Waals surface area contributed by atoms with E-state index in [1.54, 1.807) is 50.8 Å². The van der Waals surface area contributed by atoms with Crippen LogP contribution in [0.4, 0.5) is 17.2 Å². The van der Waals surface area contributed by atoms with Crippen LogP contribution in [0.25, 0.3) is 11.4 Å². The Kier molecular flexibility index (Phi) is 6.12. The maximum atomic E-state index is 12.2. The summed E-state index contributed by atoms with van der Waals surface area (Å²) in [6.07, 6.45) is 3.41. The summed E-state index contributed by atoms with van der Waals surface area (Å²) in [5.41, 5.74) is 7.60. The molecule has 0 aliphatic rings. The molecular formula is C20H23N6O3P. The first-order chi connectivity index (χ1) is 14.2. The third kappa shape index (κ3) is 4.46. The van der Waals surface area contributed by atoms with E-state index in [0.29, 0.717) is 33.8 Å². The quantitative estimate of drug-likeness (QED) is 0.432. The average Bonchev–Trinajstić information content (AvgIpc) is 2.72. The van der Waals surface area contributed by atoms with Crippen LogP contribution in [-0.4, -0.2) is 46.4 Å². The first-order valence-electron chi connectivity index (χ1n) is 9.23. The van der Waals surface area contributed by atoms with Crippen molar-refractivity contribution in [3.8, 4) is 17.1 Å². The van der Waals surface area contributed by atoms with Crippen LogP contribution in [0, 0.1) is 0 Å². The molecule has 0 bridgehead atoms. The second kappa shape index (κ2) is 8.59. The Balaban J connectivity index is 2.04. The van der Waals surface area contributed by atoms with Gasteiger partial charge in [0.2, 0.25) is 0 Å². The number of nitrogens with one attached hydrogen (secondary N) is 1. The van der Waals surface area contributed by atoms with E-state index in [1.807, 2.05) is 6.07 Å². The topological polar surface area (TPSA) is 133 Å². The van der Waals surface area contributed by atoms with Crippen LogP contribution >= 0.6 is 7.14 Å². The molecule has 3 N–H and O–H groups in total. The summed E-state index contributed by atoms with van der Waals surface area (Å²) in [6, 6.07) is 6.96. The summed E-state index contributed by atoms with van der Waals surface area (Å²) in [7, 11) is -0.922. The molecule has 1 aromatic carbocycles. The van der Waals surface area contributed by atoms with Gasteiger partial charge >= 0.3 is 0 Å². The Morgan fingerprint density at radius 1 is 1.17 bits per heavy atom. The van der Waals surface area contributed by atoms with Crippen molar-refractivity contribution in [3.05, 3.63) is 42.4 Å². The second-order valence-corrected chi connectivity index (χ2v) is 10.2. The van der Waals surface area contributed by atoms with Crippen LogP contribution in [0.15, 0.2) is 36.7 Å². The minimum absolute atomic E-state index is 0.164. The molecule has 10 heteroatoms. The van der Waals surface area contributed by atoms with Gasteiger partial charge in [-0.2, -0.15) is 0 Å². The smallest absolute Gasteiger partial charge is 0.184 e. The van der Waals surface area contributed by atoms with E-state index in [-0.39, 0.29) is 23.7 Å². The fourth-order valence-electron chi connectivity index (χ4n) is 2.79. The maximum Gasteiger partial charge on any atom is 0.184 e. The minimum atomic E-state index is -2.45.